The number of cyclic esters (lactones) is 2. The quantitative estimate of drug-likeness (QED) is 0.443. The van der Waals surface area contributed by atoms with Crippen LogP contribution in [-0.2, 0) is 32.0 Å². The highest BCUT2D eigenvalue weighted by atomic mass is 16.7. The van der Waals surface area contributed by atoms with E-state index in [9.17, 15) is 9.59 Å². The van der Waals surface area contributed by atoms with Gasteiger partial charge in [-0.25, -0.2) is 0 Å². The number of para-hydroxylation sites is 1. The lowest BCUT2D eigenvalue weighted by atomic mass is 9.68. The monoisotopic (exact) mass is 427 g/mol. The number of carbonyl (C=O) groups is 2. The van der Waals surface area contributed by atoms with Gasteiger partial charge in [0.25, 0.3) is 5.79 Å². The van der Waals surface area contributed by atoms with Gasteiger partial charge in [0.15, 0.2) is 5.41 Å². The second-order valence-corrected chi connectivity index (χ2v) is 8.88. The zero-order valence-corrected chi connectivity index (χ0v) is 18.2. The molecule has 0 N–H and O–H groups in total. The maximum atomic E-state index is 13.6. The first kappa shape index (κ1) is 20.3. The standard InChI is InChI=1S/C27H25NO4/c1-26(2)31-24(29)27(25(30)32-26)17-21-15-9-10-16-22(21)28(18-19-11-5-3-6-12-19)23(27)20-13-7-4-8-14-20/h3-16,23H,17-18H2,1-2H3. The molecule has 1 spiro atoms. The van der Waals surface area contributed by atoms with Gasteiger partial charge in [-0.15, -0.1) is 0 Å². The number of carbonyl (C=O) groups excluding carboxylic acids is 2. The summed E-state index contributed by atoms with van der Waals surface area (Å²) in [6.45, 7) is 3.71. The first-order valence-corrected chi connectivity index (χ1v) is 10.8. The van der Waals surface area contributed by atoms with Crippen molar-refractivity contribution in [2.75, 3.05) is 4.90 Å². The fraction of sp³-hybridized carbons (Fsp3) is 0.259. The molecule has 1 saturated heterocycles. The second-order valence-electron chi connectivity index (χ2n) is 8.88. The number of nitrogens with zero attached hydrogens (tertiary/aromatic N) is 1. The van der Waals surface area contributed by atoms with Crippen LogP contribution in [0.15, 0.2) is 84.9 Å². The highest BCUT2D eigenvalue weighted by Gasteiger charge is 2.64. The van der Waals surface area contributed by atoms with Gasteiger partial charge in [-0.05, 0) is 22.8 Å². The van der Waals surface area contributed by atoms with Crippen LogP contribution in [0.4, 0.5) is 5.69 Å². The van der Waals surface area contributed by atoms with Crippen LogP contribution in [0.3, 0.4) is 0 Å². The summed E-state index contributed by atoms with van der Waals surface area (Å²) in [5, 5.41) is 0. The van der Waals surface area contributed by atoms with Gasteiger partial charge in [0.05, 0.1) is 6.04 Å². The number of ether oxygens (including phenoxy) is 2. The molecule has 0 bridgehead atoms. The summed E-state index contributed by atoms with van der Waals surface area (Å²) in [4.78, 5) is 29.4. The highest BCUT2D eigenvalue weighted by Crippen LogP contribution is 2.53. The number of esters is 2. The molecule has 5 nitrogen and oxygen atoms in total. The molecule has 0 aromatic heterocycles. The molecule has 5 heteroatoms. The van der Waals surface area contributed by atoms with Crippen molar-refractivity contribution in [1.29, 1.82) is 0 Å². The minimum atomic E-state index is -1.50. The summed E-state index contributed by atoms with van der Waals surface area (Å²) in [6, 6.07) is 27.1. The van der Waals surface area contributed by atoms with Crippen molar-refractivity contribution >= 4 is 17.6 Å². The van der Waals surface area contributed by atoms with E-state index in [-0.39, 0.29) is 6.42 Å². The van der Waals surface area contributed by atoms with Gasteiger partial charge in [0, 0.05) is 32.5 Å². The highest BCUT2D eigenvalue weighted by molar-refractivity contribution is 6.04. The van der Waals surface area contributed by atoms with Crippen LogP contribution in [0.1, 0.15) is 36.6 Å². The van der Waals surface area contributed by atoms with Crippen molar-refractivity contribution in [2.45, 2.75) is 38.6 Å². The largest absolute Gasteiger partial charge is 0.422 e. The van der Waals surface area contributed by atoms with E-state index in [1.54, 1.807) is 13.8 Å². The van der Waals surface area contributed by atoms with Crippen molar-refractivity contribution in [1.82, 2.24) is 0 Å². The minimum Gasteiger partial charge on any atom is -0.422 e. The summed E-state index contributed by atoms with van der Waals surface area (Å²) in [5.41, 5.74) is 2.37. The third kappa shape index (κ3) is 3.25. The molecule has 1 atom stereocenters. The molecule has 0 saturated carbocycles. The Morgan fingerprint density at radius 1 is 0.812 bits per heavy atom. The van der Waals surface area contributed by atoms with Crippen LogP contribution < -0.4 is 4.90 Å². The summed E-state index contributed by atoms with van der Waals surface area (Å²) in [5.74, 6) is -2.37. The summed E-state index contributed by atoms with van der Waals surface area (Å²) >= 11 is 0. The van der Waals surface area contributed by atoms with Crippen molar-refractivity contribution < 1.29 is 19.1 Å². The van der Waals surface area contributed by atoms with Crippen LogP contribution in [0, 0.1) is 5.41 Å². The molecule has 3 aromatic carbocycles. The SMILES string of the molecule is CC1(C)OC(=O)C2(Cc3ccccc3N(Cc3ccccc3)C2c2ccccc2)C(=O)O1. The number of hydrogen-bond acceptors (Lipinski definition) is 5. The van der Waals surface area contributed by atoms with Gasteiger partial charge in [-0.2, -0.15) is 0 Å². The fourth-order valence-corrected chi connectivity index (χ4v) is 4.90. The van der Waals surface area contributed by atoms with Gasteiger partial charge >= 0.3 is 11.9 Å². The van der Waals surface area contributed by atoms with Gasteiger partial charge in [0.2, 0.25) is 0 Å². The third-order valence-corrected chi connectivity index (χ3v) is 6.27. The van der Waals surface area contributed by atoms with E-state index in [0.29, 0.717) is 6.54 Å². The van der Waals surface area contributed by atoms with Gasteiger partial charge in [0.1, 0.15) is 0 Å². The summed E-state index contributed by atoms with van der Waals surface area (Å²) < 4.78 is 11.4. The average molecular weight is 428 g/mol. The van der Waals surface area contributed by atoms with Crippen molar-refractivity contribution in [3.05, 3.63) is 102 Å². The molecular weight excluding hydrogens is 402 g/mol. The molecule has 32 heavy (non-hydrogen) atoms. The van der Waals surface area contributed by atoms with E-state index in [1.807, 2.05) is 84.9 Å². The molecule has 1 fully saturated rings. The van der Waals surface area contributed by atoms with E-state index in [0.717, 1.165) is 22.4 Å². The van der Waals surface area contributed by atoms with Crippen LogP contribution in [0.25, 0.3) is 0 Å². The lowest BCUT2D eigenvalue weighted by Gasteiger charge is -2.51. The fourth-order valence-electron chi connectivity index (χ4n) is 4.90. The molecular formula is C27H25NO4. The Labute approximate surface area is 187 Å². The third-order valence-electron chi connectivity index (χ3n) is 6.27. The van der Waals surface area contributed by atoms with Crippen LogP contribution >= 0.6 is 0 Å². The van der Waals surface area contributed by atoms with E-state index >= 15 is 0 Å². The first-order chi connectivity index (χ1) is 15.4. The maximum absolute atomic E-state index is 13.6. The molecule has 0 aliphatic carbocycles. The Bertz CT molecular complexity index is 1140. The summed E-state index contributed by atoms with van der Waals surface area (Å²) in [6.07, 6.45) is 0.224. The Balaban J connectivity index is 1.74. The Morgan fingerprint density at radius 2 is 1.38 bits per heavy atom. The Hall–Kier alpha value is -3.60. The number of hydrogen-bond donors (Lipinski definition) is 0. The number of benzene rings is 3. The van der Waals surface area contributed by atoms with Gasteiger partial charge in [-0.1, -0.05) is 78.9 Å². The zero-order chi connectivity index (χ0) is 22.3. The zero-order valence-electron chi connectivity index (χ0n) is 18.2. The molecule has 2 heterocycles. The lowest BCUT2D eigenvalue weighted by molar-refractivity contribution is -0.253. The van der Waals surface area contributed by atoms with Crippen LogP contribution in [0.2, 0.25) is 0 Å². The van der Waals surface area contributed by atoms with E-state index < -0.39 is 29.2 Å². The van der Waals surface area contributed by atoms with Gasteiger partial charge in [-0.3, -0.25) is 9.59 Å². The van der Waals surface area contributed by atoms with Crippen molar-refractivity contribution in [3.63, 3.8) is 0 Å². The molecule has 0 amide bonds. The molecule has 3 aromatic rings. The van der Waals surface area contributed by atoms with Crippen LogP contribution in [-0.4, -0.2) is 17.7 Å². The first-order valence-electron chi connectivity index (χ1n) is 10.8. The molecule has 0 radical (unpaired) electrons. The van der Waals surface area contributed by atoms with Crippen LogP contribution in [0.5, 0.6) is 0 Å². The number of fused-ring (bicyclic) bond motifs is 1. The number of rotatable bonds is 3. The summed E-state index contributed by atoms with van der Waals surface area (Å²) in [7, 11) is 0. The predicted octanol–water partition coefficient (Wildman–Crippen LogP) is 4.81. The topological polar surface area (TPSA) is 55.8 Å². The number of anilines is 1. The molecule has 1 unspecified atom stereocenters. The Morgan fingerprint density at radius 3 is 2.03 bits per heavy atom. The predicted molar refractivity (Wildman–Crippen MR) is 121 cm³/mol. The molecule has 2 aliphatic rings. The van der Waals surface area contributed by atoms with E-state index in [4.69, 9.17) is 9.47 Å². The van der Waals surface area contributed by atoms with E-state index in [1.165, 1.54) is 0 Å². The normalized spacial score (nSPS) is 20.9. The second kappa shape index (κ2) is 7.52. The Kier molecular flexibility index (Phi) is 4.77. The average Bonchev–Trinajstić information content (AvgIpc) is 2.78. The van der Waals surface area contributed by atoms with Crippen molar-refractivity contribution in [2.24, 2.45) is 5.41 Å². The molecule has 2 aliphatic heterocycles. The minimum absolute atomic E-state index is 0.224. The maximum Gasteiger partial charge on any atom is 0.329 e. The molecule has 162 valence electrons. The smallest absolute Gasteiger partial charge is 0.329 e. The van der Waals surface area contributed by atoms with Gasteiger partial charge < -0.3 is 14.4 Å². The van der Waals surface area contributed by atoms with E-state index in [2.05, 4.69) is 4.90 Å². The van der Waals surface area contributed by atoms with Crippen molar-refractivity contribution in [3.8, 4) is 0 Å². The molecule has 5 rings (SSSR count). The lowest BCUT2D eigenvalue weighted by Crippen LogP contribution is -2.62.